The van der Waals surface area contributed by atoms with Gasteiger partial charge in [-0.25, -0.2) is 9.67 Å². The second-order valence-corrected chi connectivity index (χ2v) is 7.97. The van der Waals surface area contributed by atoms with Gasteiger partial charge in [0.15, 0.2) is 5.82 Å². The quantitative estimate of drug-likeness (QED) is 0.518. The van der Waals surface area contributed by atoms with Crippen LogP contribution in [0.25, 0.3) is 5.82 Å². The first-order valence-corrected chi connectivity index (χ1v) is 10.9. The first kappa shape index (κ1) is 20.6. The maximum Gasteiger partial charge on any atom is 0.266 e. The summed E-state index contributed by atoms with van der Waals surface area (Å²) in [6, 6.07) is 11.4. The van der Waals surface area contributed by atoms with Gasteiger partial charge in [0, 0.05) is 51.2 Å². The van der Waals surface area contributed by atoms with Crippen LogP contribution in [-0.4, -0.2) is 57.0 Å². The van der Waals surface area contributed by atoms with Gasteiger partial charge in [-0.1, -0.05) is 30.2 Å². The van der Waals surface area contributed by atoms with E-state index in [9.17, 15) is 4.79 Å². The lowest BCUT2D eigenvalue weighted by molar-refractivity contribution is 0.251. The molecule has 3 aromatic rings. The first-order chi connectivity index (χ1) is 14.7. The van der Waals surface area contributed by atoms with Gasteiger partial charge < -0.3 is 4.90 Å². The third-order valence-electron chi connectivity index (χ3n) is 5.53. The molecule has 1 fully saturated rings. The molecule has 3 heterocycles. The molecule has 0 unspecified atom stereocenters. The summed E-state index contributed by atoms with van der Waals surface area (Å²) >= 11 is 6.32. The van der Waals surface area contributed by atoms with E-state index < -0.39 is 0 Å². The zero-order chi connectivity index (χ0) is 20.8. The number of hydrogen-bond acceptors (Lipinski definition) is 5. The van der Waals surface area contributed by atoms with Gasteiger partial charge in [0.25, 0.3) is 5.56 Å². The summed E-state index contributed by atoms with van der Waals surface area (Å²) < 4.78 is 3.36. The molecule has 30 heavy (non-hydrogen) atoms. The van der Waals surface area contributed by atoms with Gasteiger partial charge in [-0.2, -0.15) is 5.10 Å². The third-order valence-corrected chi connectivity index (χ3v) is 5.85. The molecule has 7 nitrogen and oxygen atoms in total. The minimum absolute atomic E-state index is 0.0606. The number of aromatic nitrogens is 4. The molecule has 1 saturated heterocycles. The number of nitrogens with zero attached hydrogens (tertiary/aromatic N) is 6. The Kier molecular flexibility index (Phi) is 6.81. The zero-order valence-electron chi connectivity index (χ0n) is 17.0. The fraction of sp³-hybridized carbons (Fsp3) is 0.409. The van der Waals surface area contributed by atoms with Crippen LogP contribution in [0.5, 0.6) is 0 Å². The van der Waals surface area contributed by atoms with Crippen molar-refractivity contribution in [2.24, 2.45) is 0 Å². The van der Waals surface area contributed by atoms with Gasteiger partial charge in [-0.05, 0) is 37.6 Å². The zero-order valence-corrected chi connectivity index (χ0v) is 17.8. The number of rotatable bonds is 8. The summed E-state index contributed by atoms with van der Waals surface area (Å²) in [5.74, 6) is 0.712. The van der Waals surface area contributed by atoms with E-state index in [-0.39, 0.29) is 5.56 Å². The van der Waals surface area contributed by atoms with Crippen molar-refractivity contribution >= 4 is 17.3 Å². The fourth-order valence-corrected chi connectivity index (χ4v) is 4.08. The van der Waals surface area contributed by atoms with Crippen LogP contribution in [0.15, 0.2) is 59.9 Å². The van der Waals surface area contributed by atoms with E-state index in [2.05, 4.69) is 25.9 Å². The third kappa shape index (κ3) is 5.09. The van der Waals surface area contributed by atoms with Crippen molar-refractivity contribution in [2.75, 3.05) is 37.6 Å². The van der Waals surface area contributed by atoms with Gasteiger partial charge in [0.2, 0.25) is 0 Å². The summed E-state index contributed by atoms with van der Waals surface area (Å²) in [4.78, 5) is 21.0. The molecule has 4 rings (SSSR count). The first-order valence-electron chi connectivity index (χ1n) is 10.5. The van der Waals surface area contributed by atoms with E-state index in [1.165, 1.54) is 0 Å². The Morgan fingerprint density at radius 2 is 1.73 bits per heavy atom. The number of aryl methyl sites for hydroxylation is 1. The fourth-order valence-electron chi connectivity index (χ4n) is 3.83. The molecule has 0 saturated carbocycles. The van der Waals surface area contributed by atoms with Crippen molar-refractivity contribution in [3.63, 3.8) is 0 Å². The average molecular weight is 427 g/mol. The van der Waals surface area contributed by atoms with Crippen molar-refractivity contribution in [3.05, 3.63) is 70.5 Å². The topological polar surface area (TPSA) is 59.2 Å². The number of para-hydroxylation sites is 1. The second kappa shape index (κ2) is 9.91. The van der Waals surface area contributed by atoms with E-state index in [4.69, 9.17) is 11.6 Å². The molecule has 0 amide bonds. The number of hydrogen-bond donors (Lipinski definition) is 0. The summed E-state index contributed by atoms with van der Waals surface area (Å²) in [6.07, 6.45) is 8.35. The van der Waals surface area contributed by atoms with Crippen LogP contribution in [-0.2, 0) is 6.54 Å². The smallest absolute Gasteiger partial charge is 0.266 e. The summed E-state index contributed by atoms with van der Waals surface area (Å²) in [5.41, 5.74) is 1.07. The maximum absolute atomic E-state index is 12.1. The minimum atomic E-state index is -0.0606. The molecule has 0 N–H and O–H groups in total. The van der Waals surface area contributed by atoms with Gasteiger partial charge in [0.1, 0.15) is 6.33 Å². The van der Waals surface area contributed by atoms with Crippen LogP contribution < -0.4 is 10.5 Å². The second-order valence-electron chi connectivity index (χ2n) is 7.56. The highest BCUT2D eigenvalue weighted by Gasteiger charge is 2.18. The number of benzene rings is 1. The lowest BCUT2D eigenvalue weighted by Crippen LogP contribution is -2.46. The van der Waals surface area contributed by atoms with Crippen LogP contribution in [0.1, 0.15) is 19.3 Å². The van der Waals surface area contributed by atoms with Crippen molar-refractivity contribution < 1.29 is 0 Å². The van der Waals surface area contributed by atoms with Crippen molar-refractivity contribution in [2.45, 2.75) is 25.8 Å². The molecule has 1 aliphatic heterocycles. The summed E-state index contributed by atoms with van der Waals surface area (Å²) in [6.45, 7) is 5.85. The minimum Gasteiger partial charge on any atom is -0.368 e. The van der Waals surface area contributed by atoms with Crippen molar-refractivity contribution in [3.8, 4) is 5.82 Å². The van der Waals surface area contributed by atoms with Crippen LogP contribution in [0, 0.1) is 0 Å². The molecule has 0 atom stereocenters. The highest BCUT2D eigenvalue weighted by atomic mass is 35.5. The van der Waals surface area contributed by atoms with Crippen molar-refractivity contribution in [1.29, 1.82) is 0 Å². The Hall–Kier alpha value is -2.64. The van der Waals surface area contributed by atoms with Gasteiger partial charge in [0.05, 0.1) is 10.7 Å². The van der Waals surface area contributed by atoms with Crippen molar-refractivity contribution in [1.82, 2.24) is 24.2 Å². The van der Waals surface area contributed by atoms with Crippen LogP contribution in [0.2, 0.25) is 5.02 Å². The van der Waals surface area contributed by atoms with E-state index in [0.29, 0.717) is 12.4 Å². The molecule has 158 valence electrons. The van der Waals surface area contributed by atoms with E-state index in [1.807, 2.05) is 24.4 Å². The Morgan fingerprint density at radius 3 is 2.50 bits per heavy atom. The lowest BCUT2D eigenvalue weighted by atomic mass is 10.2. The summed E-state index contributed by atoms with van der Waals surface area (Å²) in [5, 5.41) is 5.27. The summed E-state index contributed by atoms with van der Waals surface area (Å²) in [7, 11) is 0. The average Bonchev–Trinajstić information content (AvgIpc) is 3.31. The SMILES string of the molecule is O=c1ccc(-n2ccnc2)nn1CCCCCN1CCN(c2ccccc2Cl)CC1. The molecule has 1 aliphatic rings. The van der Waals surface area contributed by atoms with E-state index in [1.54, 1.807) is 33.9 Å². The molecule has 1 aromatic carbocycles. The lowest BCUT2D eigenvalue weighted by Gasteiger charge is -2.36. The molecule has 0 spiro atoms. The number of unbranched alkanes of at least 4 members (excludes halogenated alkanes) is 2. The number of anilines is 1. The van der Waals surface area contributed by atoms with E-state index >= 15 is 0 Å². The predicted octanol–water partition coefficient (Wildman–Crippen LogP) is 3.07. The van der Waals surface area contributed by atoms with E-state index in [0.717, 1.165) is 62.7 Å². The molecular weight excluding hydrogens is 400 g/mol. The van der Waals surface area contributed by atoms with Gasteiger partial charge >= 0.3 is 0 Å². The normalized spacial score (nSPS) is 14.9. The van der Waals surface area contributed by atoms with Crippen LogP contribution in [0.4, 0.5) is 5.69 Å². The largest absolute Gasteiger partial charge is 0.368 e. The number of piperazine rings is 1. The Bertz CT molecular complexity index is 995. The van der Waals surface area contributed by atoms with Gasteiger partial charge in [-0.15, -0.1) is 0 Å². The number of imidazole rings is 1. The van der Waals surface area contributed by atoms with Gasteiger partial charge in [-0.3, -0.25) is 14.3 Å². The molecule has 0 aliphatic carbocycles. The molecule has 8 heteroatoms. The molecule has 2 aromatic heterocycles. The van der Waals surface area contributed by atoms with Crippen LogP contribution in [0.3, 0.4) is 0 Å². The molecule has 0 bridgehead atoms. The Balaban J connectivity index is 1.18. The molecule has 0 radical (unpaired) electrons. The monoisotopic (exact) mass is 426 g/mol. The maximum atomic E-state index is 12.1. The number of halogens is 1. The highest BCUT2D eigenvalue weighted by Crippen LogP contribution is 2.26. The van der Waals surface area contributed by atoms with Crippen LogP contribution >= 0.6 is 11.6 Å². The Labute approximate surface area is 181 Å². The highest BCUT2D eigenvalue weighted by molar-refractivity contribution is 6.33. The predicted molar refractivity (Wildman–Crippen MR) is 120 cm³/mol. The standard InChI is InChI=1S/C22H27ClN6O/c23-19-6-2-3-7-20(19)27-16-14-26(15-17-27)11-4-1-5-12-29-22(30)9-8-21(25-29)28-13-10-24-18-28/h2-3,6-10,13,18H,1,4-5,11-12,14-17H2. The Morgan fingerprint density at radius 1 is 0.933 bits per heavy atom. The molecular formula is C22H27ClN6O.